The second kappa shape index (κ2) is 6.60. The molecule has 2 rings (SSSR count). The van der Waals surface area contributed by atoms with Crippen LogP contribution in [0.4, 0.5) is 0 Å². The Kier molecular flexibility index (Phi) is 5.08. The second-order valence-electron chi connectivity index (χ2n) is 5.34. The predicted octanol–water partition coefficient (Wildman–Crippen LogP) is 2.94. The average Bonchev–Trinajstić information content (AvgIpc) is 2.41. The third kappa shape index (κ3) is 3.85. The first-order valence-corrected chi connectivity index (χ1v) is 7.20. The first-order valence-electron chi connectivity index (χ1n) is 6.83. The van der Waals surface area contributed by atoms with Gasteiger partial charge in [-0.05, 0) is 49.9 Å². The van der Waals surface area contributed by atoms with Crippen molar-refractivity contribution in [3.8, 4) is 5.75 Å². The van der Waals surface area contributed by atoms with Gasteiger partial charge in [-0.15, -0.1) is 0 Å². The Bertz CT molecular complexity index is 423. The number of benzene rings is 1. The zero-order valence-corrected chi connectivity index (χ0v) is 12.4. The van der Waals surface area contributed by atoms with Gasteiger partial charge in [-0.25, -0.2) is 0 Å². The van der Waals surface area contributed by atoms with Crippen LogP contribution in [0.5, 0.6) is 5.75 Å². The summed E-state index contributed by atoms with van der Waals surface area (Å²) < 4.78 is 5.16. The van der Waals surface area contributed by atoms with Crippen molar-refractivity contribution < 1.29 is 9.84 Å². The minimum absolute atomic E-state index is 0.228. The molecule has 0 amide bonds. The summed E-state index contributed by atoms with van der Waals surface area (Å²) in [6.45, 7) is 4.74. The van der Waals surface area contributed by atoms with E-state index in [1.165, 1.54) is 0 Å². The molecule has 1 aliphatic heterocycles. The fourth-order valence-electron chi connectivity index (χ4n) is 2.65. The Labute approximate surface area is 120 Å². The number of rotatable bonds is 4. The molecule has 3 nitrogen and oxygen atoms in total. The summed E-state index contributed by atoms with van der Waals surface area (Å²) in [5.41, 5.74) is 1.12. The molecule has 106 valence electrons. The van der Waals surface area contributed by atoms with Crippen molar-refractivity contribution in [3.05, 3.63) is 28.8 Å². The van der Waals surface area contributed by atoms with Gasteiger partial charge < -0.3 is 9.84 Å². The Morgan fingerprint density at radius 1 is 1.53 bits per heavy atom. The molecule has 0 saturated carbocycles. The molecular weight excluding hydrogens is 262 g/mol. The fraction of sp³-hybridized carbons (Fsp3) is 0.600. The molecule has 1 aromatic rings. The molecule has 1 N–H and O–H groups in total. The molecule has 0 bridgehead atoms. The molecule has 0 aliphatic carbocycles. The molecular formula is C15H22ClNO2. The van der Waals surface area contributed by atoms with Crippen LogP contribution in [0, 0.1) is 5.92 Å². The lowest BCUT2D eigenvalue weighted by Gasteiger charge is -2.34. The predicted molar refractivity (Wildman–Crippen MR) is 77.7 cm³/mol. The Morgan fingerprint density at radius 2 is 2.32 bits per heavy atom. The summed E-state index contributed by atoms with van der Waals surface area (Å²) in [5, 5.41) is 10.5. The molecule has 1 heterocycles. The topological polar surface area (TPSA) is 32.7 Å². The van der Waals surface area contributed by atoms with Crippen LogP contribution < -0.4 is 4.74 Å². The molecule has 1 aliphatic rings. The molecule has 1 saturated heterocycles. The zero-order chi connectivity index (χ0) is 13.8. The van der Waals surface area contributed by atoms with Gasteiger partial charge in [0.2, 0.25) is 0 Å². The standard InChI is InChI=1S/C15H22ClNO2/c1-11(18)12-4-3-7-17(9-12)10-13-5-6-14(19-2)8-15(13)16/h5-6,8,11-12,18H,3-4,7,9-10H2,1-2H3. The number of ether oxygens (including phenoxy) is 1. The molecule has 0 radical (unpaired) electrons. The van der Waals surface area contributed by atoms with Gasteiger partial charge in [-0.1, -0.05) is 17.7 Å². The van der Waals surface area contributed by atoms with Gasteiger partial charge in [0.25, 0.3) is 0 Å². The molecule has 2 unspecified atom stereocenters. The Balaban J connectivity index is 2.00. The van der Waals surface area contributed by atoms with Crippen LogP contribution in [0.3, 0.4) is 0 Å². The summed E-state index contributed by atoms with van der Waals surface area (Å²) in [6.07, 6.45) is 2.03. The van der Waals surface area contributed by atoms with Crippen LogP contribution in [0.2, 0.25) is 5.02 Å². The highest BCUT2D eigenvalue weighted by Gasteiger charge is 2.23. The van der Waals surface area contributed by atoms with Gasteiger partial charge in [-0.2, -0.15) is 0 Å². The number of hydrogen-bond donors (Lipinski definition) is 1. The van der Waals surface area contributed by atoms with E-state index >= 15 is 0 Å². The third-order valence-electron chi connectivity index (χ3n) is 3.88. The molecule has 1 fully saturated rings. The highest BCUT2D eigenvalue weighted by molar-refractivity contribution is 6.31. The van der Waals surface area contributed by atoms with Crippen LogP contribution in [0.15, 0.2) is 18.2 Å². The van der Waals surface area contributed by atoms with Crippen LogP contribution in [-0.2, 0) is 6.54 Å². The van der Waals surface area contributed by atoms with Crippen molar-refractivity contribution in [2.75, 3.05) is 20.2 Å². The first kappa shape index (κ1) is 14.6. The molecule has 2 atom stereocenters. The van der Waals surface area contributed by atoms with E-state index in [-0.39, 0.29) is 6.10 Å². The van der Waals surface area contributed by atoms with Crippen LogP contribution >= 0.6 is 11.6 Å². The number of nitrogens with zero attached hydrogens (tertiary/aromatic N) is 1. The van der Waals surface area contributed by atoms with E-state index < -0.39 is 0 Å². The maximum absolute atomic E-state index is 9.71. The lowest BCUT2D eigenvalue weighted by molar-refractivity contribution is 0.0599. The smallest absolute Gasteiger partial charge is 0.120 e. The van der Waals surface area contributed by atoms with Crippen molar-refractivity contribution in [1.29, 1.82) is 0 Å². The van der Waals surface area contributed by atoms with Gasteiger partial charge in [0, 0.05) is 18.1 Å². The summed E-state index contributed by atoms with van der Waals surface area (Å²) >= 11 is 6.27. The molecule has 0 spiro atoms. The molecule has 4 heteroatoms. The highest BCUT2D eigenvalue weighted by atomic mass is 35.5. The second-order valence-corrected chi connectivity index (χ2v) is 5.74. The van der Waals surface area contributed by atoms with E-state index in [1.807, 2.05) is 25.1 Å². The maximum Gasteiger partial charge on any atom is 0.120 e. The number of aliphatic hydroxyl groups is 1. The Morgan fingerprint density at radius 3 is 2.95 bits per heavy atom. The van der Waals surface area contributed by atoms with E-state index in [0.29, 0.717) is 5.92 Å². The SMILES string of the molecule is COc1ccc(CN2CCCC(C(C)O)C2)c(Cl)c1. The maximum atomic E-state index is 9.71. The quantitative estimate of drug-likeness (QED) is 0.922. The summed E-state index contributed by atoms with van der Waals surface area (Å²) in [7, 11) is 1.64. The van der Waals surface area contributed by atoms with Gasteiger partial charge in [0.05, 0.1) is 13.2 Å². The van der Waals surface area contributed by atoms with E-state index in [4.69, 9.17) is 16.3 Å². The number of halogens is 1. The molecule has 0 aromatic heterocycles. The number of aliphatic hydroxyl groups excluding tert-OH is 1. The lowest BCUT2D eigenvalue weighted by Crippen LogP contribution is -2.39. The number of hydrogen-bond acceptors (Lipinski definition) is 3. The average molecular weight is 284 g/mol. The summed E-state index contributed by atoms with van der Waals surface area (Å²) in [4.78, 5) is 2.37. The molecule has 19 heavy (non-hydrogen) atoms. The Hall–Kier alpha value is -0.770. The monoisotopic (exact) mass is 283 g/mol. The van der Waals surface area contributed by atoms with Crippen LogP contribution in [-0.4, -0.2) is 36.3 Å². The zero-order valence-electron chi connectivity index (χ0n) is 11.6. The van der Waals surface area contributed by atoms with Gasteiger partial charge >= 0.3 is 0 Å². The van der Waals surface area contributed by atoms with Crippen molar-refractivity contribution in [2.24, 2.45) is 5.92 Å². The van der Waals surface area contributed by atoms with Crippen molar-refractivity contribution in [1.82, 2.24) is 4.90 Å². The van der Waals surface area contributed by atoms with E-state index in [2.05, 4.69) is 4.90 Å². The minimum Gasteiger partial charge on any atom is -0.497 e. The number of likely N-dealkylation sites (tertiary alicyclic amines) is 1. The van der Waals surface area contributed by atoms with Crippen LogP contribution in [0.25, 0.3) is 0 Å². The van der Waals surface area contributed by atoms with E-state index in [0.717, 1.165) is 48.8 Å². The van der Waals surface area contributed by atoms with E-state index in [9.17, 15) is 5.11 Å². The van der Waals surface area contributed by atoms with Crippen LogP contribution in [0.1, 0.15) is 25.3 Å². The normalized spacial score (nSPS) is 22.2. The third-order valence-corrected chi connectivity index (χ3v) is 4.23. The van der Waals surface area contributed by atoms with Crippen molar-refractivity contribution in [3.63, 3.8) is 0 Å². The van der Waals surface area contributed by atoms with E-state index in [1.54, 1.807) is 7.11 Å². The van der Waals surface area contributed by atoms with Gasteiger partial charge in [0.15, 0.2) is 0 Å². The van der Waals surface area contributed by atoms with Gasteiger partial charge in [-0.3, -0.25) is 4.90 Å². The summed E-state index contributed by atoms with van der Waals surface area (Å²) in [6, 6.07) is 5.82. The number of methoxy groups -OCH3 is 1. The van der Waals surface area contributed by atoms with Crippen molar-refractivity contribution in [2.45, 2.75) is 32.4 Å². The largest absolute Gasteiger partial charge is 0.497 e. The minimum atomic E-state index is -0.228. The highest BCUT2D eigenvalue weighted by Crippen LogP contribution is 2.26. The molecule has 1 aromatic carbocycles. The van der Waals surface area contributed by atoms with Crippen molar-refractivity contribution >= 4 is 11.6 Å². The fourth-order valence-corrected chi connectivity index (χ4v) is 2.88. The first-order chi connectivity index (χ1) is 9.10. The van der Waals surface area contributed by atoms with Gasteiger partial charge in [0.1, 0.15) is 5.75 Å². The number of piperidine rings is 1. The lowest BCUT2D eigenvalue weighted by atomic mass is 9.93. The summed E-state index contributed by atoms with van der Waals surface area (Å²) in [5.74, 6) is 1.17.